The maximum absolute atomic E-state index is 4.37. The molecule has 6 rings (SSSR count). The van der Waals surface area contributed by atoms with E-state index in [-0.39, 0.29) is 0 Å². The number of pyridine rings is 2. The Balaban J connectivity index is 1.78. The Labute approximate surface area is 147 Å². The van der Waals surface area contributed by atoms with Gasteiger partial charge in [0, 0.05) is 29.8 Å². The van der Waals surface area contributed by atoms with Crippen LogP contribution in [0.15, 0.2) is 67.3 Å². The highest BCUT2D eigenvalue weighted by atomic mass is 32.1. The first kappa shape index (κ1) is 13.3. The molecule has 5 heteroatoms. The second-order valence-electron chi connectivity index (χ2n) is 6.24. The number of benzene rings is 1. The molecule has 0 unspecified atom stereocenters. The second kappa shape index (κ2) is 4.74. The summed E-state index contributed by atoms with van der Waals surface area (Å²) in [6, 6.07) is 14.8. The number of para-hydroxylation sites is 1. The summed E-state index contributed by atoms with van der Waals surface area (Å²) in [5, 5.41) is 2.54. The summed E-state index contributed by atoms with van der Waals surface area (Å²) >= 11 is 1.83. The van der Waals surface area contributed by atoms with Crippen LogP contribution in [-0.4, -0.2) is 14.5 Å². The van der Waals surface area contributed by atoms with Gasteiger partial charge in [-0.05, 0) is 35.6 Å². The topological polar surface area (TPSA) is 34.6 Å². The molecule has 1 aliphatic rings. The molecule has 4 aromatic heterocycles. The largest absolute Gasteiger partial charge is 0.294 e. The Morgan fingerprint density at radius 1 is 0.960 bits per heavy atom. The monoisotopic (exact) mass is 341 g/mol. The molecule has 118 valence electrons. The summed E-state index contributed by atoms with van der Waals surface area (Å²) in [5.41, 5.74) is 6.21. The number of hydrogen-bond donors (Lipinski definition) is 0. The van der Waals surface area contributed by atoms with Crippen molar-refractivity contribution in [2.24, 2.45) is 0 Å². The molecule has 0 spiro atoms. The van der Waals surface area contributed by atoms with Crippen LogP contribution in [-0.2, 0) is 6.54 Å². The fourth-order valence-electron chi connectivity index (χ4n) is 3.81. The molecule has 1 aliphatic heterocycles. The first-order chi connectivity index (χ1) is 12.4. The minimum absolute atomic E-state index is 0.906. The lowest BCUT2D eigenvalue weighted by Gasteiger charge is -2.04. The Hall–Kier alpha value is -3.05. The SMILES string of the molecule is c1ccc(-n2c3cnccc3c3c2sc2[n+]3Cc3ccncc3-2)cc1. The first-order valence-electron chi connectivity index (χ1n) is 8.21. The van der Waals surface area contributed by atoms with Gasteiger partial charge in [-0.25, -0.2) is 0 Å². The number of aromatic nitrogens is 4. The summed E-state index contributed by atoms with van der Waals surface area (Å²) in [6.07, 6.45) is 7.71. The number of rotatable bonds is 1. The summed E-state index contributed by atoms with van der Waals surface area (Å²) < 4.78 is 4.75. The molecule has 0 saturated carbocycles. The van der Waals surface area contributed by atoms with Crippen molar-refractivity contribution in [3.63, 3.8) is 0 Å². The maximum atomic E-state index is 4.37. The van der Waals surface area contributed by atoms with Gasteiger partial charge in [0.05, 0.1) is 22.7 Å². The van der Waals surface area contributed by atoms with Gasteiger partial charge in [-0.1, -0.05) is 18.2 Å². The van der Waals surface area contributed by atoms with Gasteiger partial charge < -0.3 is 0 Å². The van der Waals surface area contributed by atoms with Crippen LogP contribution < -0.4 is 4.57 Å². The highest BCUT2D eigenvalue weighted by Crippen LogP contribution is 2.40. The van der Waals surface area contributed by atoms with E-state index in [1.54, 1.807) is 0 Å². The van der Waals surface area contributed by atoms with Gasteiger partial charge in [-0.2, -0.15) is 4.57 Å². The van der Waals surface area contributed by atoms with E-state index < -0.39 is 0 Å². The van der Waals surface area contributed by atoms with Crippen molar-refractivity contribution in [1.82, 2.24) is 14.5 Å². The molecule has 0 N–H and O–H groups in total. The van der Waals surface area contributed by atoms with Gasteiger partial charge in [-0.3, -0.25) is 14.5 Å². The number of thiazole rings is 1. The van der Waals surface area contributed by atoms with Gasteiger partial charge in [0.1, 0.15) is 0 Å². The predicted octanol–water partition coefficient (Wildman–Crippen LogP) is 3.95. The first-order valence-corrected chi connectivity index (χ1v) is 9.03. The zero-order chi connectivity index (χ0) is 16.4. The van der Waals surface area contributed by atoms with Crippen LogP contribution >= 0.6 is 11.3 Å². The van der Waals surface area contributed by atoms with E-state index in [9.17, 15) is 0 Å². The van der Waals surface area contributed by atoms with Crippen molar-refractivity contribution >= 4 is 32.6 Å². The highest BCUT2D eigenvalue weighted by Gasteiger charge is 2.35. The normalized spacial score (nSPS) is 12.6. The predicted molar refractivity (Wildman–Crippen MR) is 99.0 cm³/mol. The number of fused-ring (bicyclic) bond motifs is 7. The molecule has 0 fully saturated rings. The average molecular weight is 341 g/mol. The molecule has 0 radical (unpaired) electrons. The summed E-state index contributed by atoms with van der Waals surface area (Å²) in [4.78, 5) is 9.96. The second-order valence-corrected chi connectivity index (χ2v) is 7.22. The summed E-state index contributed by atoms with van der Waals surface area (Å²) in [6.45, 7) is 0.906. The van der Waals surface area contributed by atoms with Gasteiger partial charge in [0.2, 0.25) is 0 Å². The Morgan fingerprint density at radius 2 is 1.80 bits per heavy atom. The third kappa shape index (κ3) is 1.68. The molecule has 0 bridgehead atoms. The Kier molecular flexibility index (Phi) is 2.51. The quantitative estimate of drug-likeness (QED) is 0.424. The lowest BCUT2D eigenvalue weighted by molar-refractivity contribution is -0.641. The molecule has 1 aromatic carbocycles. The van der Waals surface area contributed by atoms with Gasteiger partial charge >= 0.3 is 0 Å². The van der Waals surface area contributed by atoms with E-state index in [0.29, 0.717) is 0 Å². The van der Waals surface area contributed by atoms with Crippen molar-refractivity contribution in [3.8, 4) is 16.3 Å². The fourth-order valence-corrected chi connectivity index (χ4v) is 5.16. The van der Waals surface area contributed by atoms with Crippen LogP contribution in [0.3, 0.4) is 0 Å². The van der Waals surface area contributed by atoms with Crippen molar-refractivity contribution in [1.29, 1.82) is 0 Å². The maximum Gasteiger partial charge on any atom is 0.273 e. The van der Waals surface area contributed by atoms with Crippen LogP contribution in [0.2, 0.25) is 0 Å². The molecule has 4 nitrogen and oxygen atoms in total. The van der Waals surface area contributed by atoms with E-state index in [2.05, 4.69) is 61.6 Å². The molecule has 5 aromatic rings. The molecular weight excluding hydrogens is 328 g/mol. The van der Waals surface area contributed by atoms with Gasteiger partial charge in [-0.15, -0.1) is 0 Å². The number of hydrogen-bond acceptors (Lipinski definition) is 3. The number of nitrogens with zero attached hydrogens (tertiary/aromatic N) is 4. The van der Waals surface area contributed by atoms with Crippen molar-refractivity contribution in [2.45, 2.75) is 6.54 Å². The molecule has 0 atom stereocenters. The summed E-state index contributed by atoms with van der Waals surface area (Å²) in [7, 11) is 0. The Bertz CT molecular complexity index is 1270. The molecule has 5 heterocycles. The molecule has 0 aliphatic carbocycles. The zero-order valence-electron chi connectivity index (χ0n) is 13.3. The van der Waals surface area contributed by atoms with E-state index in [4.69, 9.17) is 0 Å². The van der Waals surface area contributed by atoms with E-state index in [0.717, 1.165) is 12.1 Å². The molecule has 25 heavy (non-hydrogen) atoms. The van der Waals surface area contributed by atoms with Gasteiger partial charge in [0.25, 0.3) is 10.5 Å². The van der Waals surface area contributed by atoms with Crippen LogP contribution in [0, 0.1) is 0 Å². The zero-order valence-corrected chi connectivity index (χ0v) is 14.1. The Morgan fingerprint density at radius 3 is 2.72 bits per heavy atom. The summed E-state index contributed by atoms with van der Waals surface area (Å²) in [5.74, 6) is 0. The van der Waals surface area contributed by atoms with Crippen LogP contribution in [0.1, 0.15) is 5.56 Å². The molecular formula is C20H13N4S+. The van der Waals surface area contributed by atoms with E-state index in [1.807, 2.05) is 36.1 Å². The van der Waals surface area contributed by atoms with Crippen molar-refractivity contribution < 1.29 is 4.57 Å². The van der Waals surface area contributed by atoms with E-state index >= 15 is 0 Å². The van der Waals surface area contributed by atoms with Crippen LogP contribution in [0.25, 0.3) is 37.5 Å². The third-order valence-corrected chi connectivity index (χ3v) is 6.10. The van der Waals surface area contributed by atoms with Crippen LogP contribution in [0.4, 0.5) is 0 Å². The fraction of sp³-hybridized carbons (Fsp3) is 0.0500. The highest BCUT2D eigenvalue weighted by molar-refractivity contribution is 7.21. The van der Waals surface area contributed by atoms with E-state index in [1.165, 1.54) is 37.6 Å². The van der Waals surface area contributed by atoms with Crippen molar-refractivity contribution in [2.75, 3.05) is 0 Å². The standard InChI is InChI=1S/C20H13N4S/c1-2-4-14(5-3-1)24-17-11-22-9-7-15(17)18-20(24)25-19-16-10-21-8-6-13(16)12-23(18)19/h1-11H,12H2/q+1. The minimum atomic E-state index is 0.906. The van der Waals surface area contributed by atoms with Crippen molar-refractivity contribution in [3.05, 3.63) is 72.8 Å². The molecule has 0 saturated heterocycles. The smallest absolute Gasteiger partial charge is 0.273 e. The average Bonchev–Trinajstić information content (AvgIpc) is 3.29. The third-order valence-electron chi connectivity index (χ3n) is 4.89. The lowest BCUT2D eigenvalue weighted by atomic mass is 10.2. The lowest BCUT2D eigenvalue weighted by Crippen LogP contribution is -2.30. The minimum Gasteiger partial charge on any atom is -0.294 e. The van der Waals surface area contributed by atoms with Gasteiger partial charge in [0.15, 0.2) is 11.4 Å². The van der Waals surface area contributed by atoms with Crippen LogP contribution in [0.5, 0.6) is 0 Å². The molecule has 0 amide bonds.